The van der Waals surface area contributed by atoms with Gasteiger partial charge in [-0.1, -0.05) is 0 Å². The SMILES string of the molecule is O=C(O)c1ccc2nc(C3CCCCO3)nn2c1. The molecule has 0 aliphatic carbocycles. The molecule has 2 aromatic rings. The molecule has 0 bridgehead atoms. The fourth-order valence-electron chi connectivity index (χ4n) is 2.11. The Balaban J connectivity index is 1.97. The lowest BCUT2D eigenvalue weighted by atomic mass is 10.1. The molecule has 1 saturated heterocycles. The minimum Gasteiger partial charge on any atom is -0.478 e. The Morgan fingerprint density at radius 3 is 3.06 bits per heavy atom. The Bertz CT molecular complexity index is 587. The second-order valence-electron chi connectivity index (χ2n) is 4.35. The van der Waals surface area contributed by atoms with Gasteiger partial charge in [-0.15, -0.1) is 5.10 Å². The quantitative estimate of drug-likeness (QED) is 0.873. The van der Waals surface area contributed by atoms with Gasteiger partial charge in [-0.05, 0) is 31.4 Å². The van der Waals surface area contributed by atoms with Crippen molar-refractivity contribution in [1.29, 1.82) is 0 Å². The van der Waals surface area contributed by atoms with Crippen molar-refractivity contribution in [3.05, 3.63) is 29.7 Å². The number of nitrogens with zero attached hydrogens (tertiary/aromatic N) is 3. The lowest BCUT2D eigenvalue weighted by Gasteiger charge is -2.19. The molecule has 18 heavy (non-hydrogen) atoms. The number of rotatable bonds is 2. The van der Waals surface area contributed by atoms with Crippen LogP contribution in [0.3, 0.4) is 0 Å². The van der Waals surface area contributed by atoms with Crippen molar-refractivity contribution in [2.75, 3.05) is 6.61 Å². The van der Waals surface area contributed by atoms with Crippen molar-refractivity contribution in [3.8, 4) is 0 Å². The lowest BCUT2D eigenvalue weighted by Crippen LogP contribution is -2.12. The molecule has 1 aliphatic heterocycles. The predicted molar refractivity (Wildman–Crippen MR) is 62.5 cm³/mol. The van der Waals surface area contributed by atoms with Crippen molar-refractivity contribution in [3.63, 3.8) is 0 Å². The first-order valence-corrected chi connectivity index (χ1v) is 5.95. The molecule has 1 atom stereocenters. The highest BCUT2D eigenvalue weighted by Crippen LogP contribution is 2.25. The molecule has 6 heteroatoms. The summed E-state index contributed by atoms with van der Waals surface area (Å²) in [6, 6.07) is 3.18. The summed E-state index contributed by atoms with van der Waals surface area (Å²) in [5.74, 6) is -0.333. The maximum Gasteiger partial charge on any atom is 0.337 e. The van der Waals surface area contributed by atoms with Gasteiger partial charge in [0.05, 0.1) is 5.56 Å². The highest BCUT2D eigenvalue weighted by molar-refractivity contribution is 5.87. The van der Waals surface area contributed by atoms with E-state index in [4.69, 9.17) is 9.84 Å². The molecule has 0 amide bonds. The standard InChI is InChI=1S/C12H13N3O3/c16-12(17)8-4-5-10-13-11(14-15(10)7-8)9-3-1-2-6-18-9/h4-5,7,9H,1-3,6H2,(H,16,17). The zero-order chi connectivity index (χ0) is 12.5. The lowest BCUT2D eigenvalue weighted by molar-refractivity contribution is 0.00962. The van der Waals surface area contributed by atoms with Crippen LogP contribution in [0, 0.1) is 0 Å². The van der Waals surface area contributed by atoms with E-state index in [9.17, 15) is 4.79 Å². The highest BCUT2D eigenvalue weighted by Gasteiger charge is 2.20. The number of aromatic nitrogens is 3. The van der Waals surface area contributed by atoms with Crippen LogP contribution in [0.15, 0.2) is 18.3 Å². The van der Waals surface area contributed by atoms with Gasteiger partial charge in [0.15, 0.2) is 11.5 Å². The molecule has 1 unspecified atom stereocenters. The van der Waals surface area contributed by atoms with E-state index in [1.54, 1.807) is 6.07 Å². The van der Waals surface area contributed by atoms with E-state index in [-0.39, 0.29) is 11.7 Å². The average molecular weight is 247 g/mol. The van der Waals surface area contributed by atoms with Crippen LogP contribution in [0.5, 0.6) is 0 Å². The van der Waals surface area contributed by atoms with Gasteiger partial charge >= 0.3 is 5.97 Å². The van der Waals surface area contributed by atoms with Crippen molar-refractivity contribution in [2.45, 2.75) is 25.4 Å². The van der Waals surface area contributed by atoms with E-state index in [0.29, 0.717) is 11.5 Å². The van der Waals surface area contributed by atoms with Crippen LogP contribution >= 0.6 is 0 Å². The maximum atomic E-state index is 10.9. The summed E-state index contributed by atoms with van der Waals surface area (Å²) in [6.07, 6.45) is 4.51. The molecule has 0 saturated carbocycles. The number of pyridine rings is 1. The van der Waals surface area contributed by atoms with Crippen LogP contribution in [-0.2, 0) is 4.74 Å². The van der Waals surface area contributed by atoms with E-state index in [2.05, 4.69) is 10.1 Å². The first kappa shape index (κ1) is 11.2. The number of aromatic carboxylic acids is 1. The summed E-state index contributed by atoms with van der Waals surface area (Å²) in [4.78, 5) is 15.2. The maximum absolute atomic E-state index is 10.9. The Kier molecular flexibility index (Phi) is 2.71. The Morgan fingerprint density at radius 2 is 2.33 bits per heavy atom. The van der Waals surface area contributed by atoms with E-state index < -0.39 is 5.97 Å². The highest BCUT2D eigenvalue weighted by atomic mass is 16.5. The van der Waals surface area contributed by atoms with E-state index in [1.807, 2.05) is 0 Å². The van der Waals surface area contributed by atoms with Gasteiger partial charge < -0.3 is 9.84 Å². The van der Waals surface area contributed by atoms with Crippen LogP contribution in [-0.4, -0.2) is 32.3 Å². The number of fused-ring (bicyclic) bond motifs is 1. The molecule has 3 rings (SSSR count). The van der Waals surface area contributed by atoms with Gasteiger partial charge in [0.2, 0.25) is 0 Å². The topological polar surface area (TPSA) is 76.7 Å². The molecule has 0 aromatic carbocycles. The minimum absolute atomic E-state index is 0.0630. The molecule has 0 spiro atoms. The minimum atomic E-state index is -0.970. The van der Waals surface area contributed by atoms with E-state index >= 15 is 0 Å². The van der Waals surface area contributed by atoms with Crippen LogP contribution in [0.4, 0.5) is 0 Å². The number of hydrogen-bond acceptors (Lipinski definition) is 4. The fraction of sp³-hybridized carbons (Fsp3) is 0.417. The molecular weight excluding hydrogens is 234 g/mol. The van der Waals surface area contributed by atoms with Gasteiger partial charge in [-0.2, -0.15) is 0 Å². The van der Waals surface area contributed by atoms with Crippen LogP contribution in [0.2, 0.25) is 0 Å². The molecule has 1 aliphatic rings. The molecule has 6 nitrogen and oxygen atoms in total. The van der Waals surface area contributed by atoms with Crippen LogP contribution in [0.1, 0.15) is 41.5 Å². The van der Waals surface area contributed by atoms with E-state index in [1.165, 1.54) is 16.8 Å². The molecule has 3 heterocycles. The first-order chi connectivity index (χ1) is 8.74. The van der Waals surface area contributed by atoms with Crippen LogP contribution in [0.25, 0.3) is 5.65 Å². The smallest absolute Gasteiger partial charge is 0.337 e. The normalized spacial score (nSPS) is 20.1. The van der Waals surface area contributed by atoms with Crippen molar-refractivity contribution >= 4 is 11.6 Å². The van der Waals surface area contributed by atoms with Gasteiger partial charge in [0.1, 0.15) is 6.10 Å². The molecular formula is C12H13N3O3. The third kappa shape index (κ3) is 1.95. The zero-order valence-electron chi connectivity index (χ0n) is 9.74. The molecule has 0 radical (unpaired) electrons. The second kappa shape index (κ2) is 4.38. The molecule has 2 aromatic heterocycles. The summed E-state index contributed by atoms with van der Waals surface area (Å²) >= 11 is 0. The number of carboxylic acids is 1. The summed E-state index contributed by atoms with van der Waals surface area (Å²) in [7, 11) is 0. The van der Waals surface area contributed by atoms with Gasteiger partial charge in [0.25, 0.3) is 0 Å². The number of hydrogen-bond donors (Lipinski definition) is 1. The number of ether oxygens (including phenoxy) is 1. The van der Waals surface area contributed by atoms with Gasteiger partial charge in [0, 0.05) is 12.8 Å². The number of carbonyl (C=O) groups is 1. The predicted octanol–water partition coefficient (Wildman–Crippen LogP) is 1.67. The Hall–Kier alpha value is -1.95. The Morgan fingerprint density at radius 1 is 1.44 bits per heavy atom. The summed E-state index contributed by atoms with van der Waals surface area (Å²) in [5, 5.41) is 13.2. The Labute approximate surface area is 103 Å². The largest absolute Gasteiger partial charge is 0.478 e. The first-order valence-electron chi connectivity index (χ1n) is 5.95. The zero-order valence-corrected chi connectivity index (χ0v) is 9.74. The van der Waals surface area contributed by atoms with E-state index in [0.717, 1.165) is 25.9 Å². The fourth-order valence-corrected chi connectivity index (χ4v) is 2.11. The summed E-state index contributed by atoms with van der Waals surface area (Å²) in [5.41, 5.74) is 0.840. The van der Waals surface area contributed by atoms with Crippen molar-refractivity contribution in [2.24, 2.45) is 0 Å². The third-order valence-corrected chi connectivity index (χ3v) is 3.06. The van der Waals surface area contributed by atoms with Gasteiger partial charge in [-0.25, -0.2) is 14.3 Å². The monoisotopic (exact) mass is 247 g/mol. The van der Waals surface area contributed by atoms with Crippen LogP contribution < -0.4 is 0 Å². The van der Waals surface area contributed by atoms with Crippen molar-refractivity contribution in [1.82, 2.24) is 14.6 Å². The average Bonchev–Trinajstić information content (AvgIpc) is 2.82. The summed E-state index contributed by atoms with van der Waals surface area (Å²) in [6.45, 7) is 0.737. The van der Waals surface area contributed by atoms with Crippen molar-refractivity contribution < 1.29 is 14.6 Å². The number of carboxylic acid groups (broad SMARTS) is 1. The molecule has 1 N–H and O–H groups in total. The van der Waals surface area contributed by atoms with Gasteiger partial charge in [-0.3, -0.25) is 0 Å². The molecule has 94 valence electrons. The summed E-state index contributed by atoms with van der Waals surface area (Å²) < 4.78 is 7.11. The third-order valence-electron chi connectivity index (χ3n) is 3.06. The second-order valence-corrected chi connectivity index (χ2v) is 4.35. The molecule has 1 fully saturated rings.